The van der Waals surface area contributed by atoms with Crippen molar-refractivity contribution in [2.75, 3.05) is 11.1 Å². The number of nitrogens with zero attached hydrogens (tertiary/aromatic N) is 2. The first kappa shape index (κ1) is 14.2. The van der Waals surface area contributed by atoms with Crippen LogP contribution in [0, 0.1) is 6.92 Å². The second kappa shape index (κ2) is 5.07. The summed E-state index contributed by atoms with van der Waals surface area (Å²) in [6.07, 6.45) is -4.37. The van der Waals surface area contributed by atoms with Crippen LogP contribution in [-0.4, -0.2) is 9.78 Å². The van der Waals surface area contributed by atoms with Gasteiger partial charge in [0.05, 0.1) is 16.9 Å². The number of aryl methyl sites for hydroxylation is 2. The van der Waals surface area contributed by atoms with E-state index in [-0.39, 0.29) is 12.1 Å². The van der Waals surface area contributed by atoms with Crippen LogP contribution in [0.1, 0.15) is 16.8 Å². The number of nitrogens with one attached hydrogen (secondary N) is 1. The molecule has 3 N–H and O–H groups in total. The van der Waals surface area contributed by atoms with E-state index in [0.29, 0.717) is 17.2 Å². The smallest absolute Gasteiger partial charge is 0.394 e. The summed E-state index contributed by atoms with van der Waals surface area (Å²) in [6, 6.07) is 5.45. The van der Waals surface area contributed by atoms with Gasteiger partial charge in [-0.1, -0.05) is 18.2 Å². The monoisotopic (exact) mass is 284 g/mol. The Morgan fingerprint density at radius 1 is 1.30 bits per heavy atom. The van der Waals surface area contributed by atoms with Crippen molar-refractivity contribution in [3.05, 3.63) is 41.1 Å². The first-order chi connectivity index (χ1) is 9.30. The van der Waals surface area contributed by atoms with Crippen molar-refractivity contribution in [3.63, 3.8) is 0 Å². The van der Waals surface area contributed by atoms with Crippen molar-refractivity contribution in [3.8, 4) is 0 Å². The van der Waals surface area contributed by atoms with Crippen LogP contribution in [0.4, 0.5) is 24.7 Å². The number of anilines is 2. The molecule has 0 aliphatic carbocycles. The summed E-state index contributed by atoms with van der Waals surface area (Å²) in [7, 11) is 1.68. The van der Waals surface area contributed by atoms with E-state index in [0.717, 1.165) is 6.07 Å². The lowest BCUT2D eigenvalue weighted by Gasteiger charge is -2.14. The number of halogens is 3. The largest absolute Gasteiger partial charge is 0.416 e. The van der Waals surface area contributed by atoms with Gasteiger partial charge in [0.15, 0.2) is 0 Å². The molecule has 0 fully saturated rings. The third kappa shape index (κ3) is 2.71. The molecule has 1 aromatic heterocycles. The lowest BCUT2D eigenvalue weighted by Crippen LogP contribution is -2.13. The molecule has 0 radical (unpaired) electrons. The van der Waals surface area contributed by atoms with Crippen molar-refractivity contribution in [1.29, 1.82) is 0 Å². The Bertz CT molecular complexity index is 617. The molecular weight excluding hydrogens is 269 g/mol. The summed E-state index contributed by atoms with van der Waals surface area (Å²) in [6.45, 7) is 1.77. The van der Waals surface area contributed by atoms with Gasteiger partial charge < -0.3 is 11.1 Å². The summed E-state index contributed by atoms with van der Waals surface area (Å²) in [5.74, 6) is 0.513. The van der Waals surface area contributed by atoms with Gasteiger partial charge in [-0.25, -0.2) is 0 Å². The van der Waals surface area contributed by atoms with Gasteiger partial charge in [-0.3, -0.25) is 4.68 Å². The summed E-state index contributed by atoms with van der Waals surface area (Å²) in [5.41, 5.74) is 6.42. The van der Waals surface area contributed by atoms with Gasteiger partial charge >= 0.3 is 6.18 Å². The van der Waals surface area contributed by atoms with Crippen LogP contribution in [0.15, 0.2) is 24.3 Å². The standard InChI is InChI=1S/C13H15F3N4/c1-8-11(17)12(20(2)19-8)18-7-9-5-3-4-6-10(9)13(14,15)16/h3-6,18H,7,17H2,1-2H3. The Morgan fingerprint density at radius 2 is 1.95 bits per heavy atom. The van der Waals surface area contributed by atoms with E-state index in [1.54, 1.807) is 20.0 Å². The van der Waals surface area contributed by atoms with Crippen LogP contribution >= 0.6 is 0 Å². The Kier molecular flexibility index (Phi) is 3.61. The fraction of sp³-hybridized carbons (Fsp3) is 0.308. The highest BCUT2D eigenvalue weighted by molar-refractivity contribution is 5.64. The maximum absolute atomic E-state index is 12.9. The lowest BCUT2D eigenvalue weighted by molar-refractivity contribution is -0.138. The molecule has 0 amide bonds. The first-order valence-electron chi connectivity index (χ1n) is 5.98. The Hall–Kier alpha value is -2.18. The van der Waals surface area contributed by atoms with Crippen LogP contribution in [0.2, 0.25) is 0 Å². The molecule has 0 spiro atoms. The Labute approximate surface area is 114 Å². The summed E-state index contributed by atoms with van der Waals surface area (Å²) in [4.78, 5) is 0. The van der Waals surface area contributed by atoms with E-state index in [1.807, 2.05) is 0 Å². The zero-order chi connectivity index (χ0) is 14.9. The number of nitrogen functional groups attached to an aromatic ring is 1. The van der Waals surface area contributed by atoms with Gasteiger partial charge in [-0.05, 0) is 18.6 Å². The van der Waals surface area contributed by atoms with Gasteiger partial charge in [-0.15, -0.1) is 0 Å². The average molecular weight is 284 g/mol. The zero-order valence-corrected chi connectivity index (χ0v) is 11.1. The summed E-state index contributed by atoms with van der Waals surface area (Å²) >= 11 is 0. The Balaban J connectivity index is 2.24. The number of aromatic nitrogens is 2. The van der Waals surface area contributed by atoms with Gasteiger partial charge in [-0.2, -0.15) is 18.3 Å². The maximum atomic E-state index is 12.9. The topological polar surface area (TPSA) is 55.9 Å². The molecule has 4 nitrogen and oxygen atoms in total. The van der Waals surface area contributed by atoms with Crippen LogP contribution in [0.5, 0.6) is 0 Å². The van der Waals surface area contributed by atoms with E-state index in [4.69, 9.17) is 5.73 Å². The van der Waals surface area contributed by atoms with Crippen molar-refractivity contribution in [1.82, 2.24) is 9.78 Å². The lowest BCUT2D eigenvalue weighted by atomic mass is 10.1. The normalized spacial score (nSPS) is 11.7. The fourth-order valence-corrected chi connectivity index (χ4v) is 2.01. The van der Waals surface area contributed by atoms with Gasteiger partial charge in [0.2, 0.25) is 0 Å². The van der Waals surface area contributed by atoms with Crippen LogP contribution in [0.3, 0.4) is 0 Å². The second-order valence-electron chi connectivity index (χ2n) is 4.48. The van der Waals surface area contributed by atoms with Crippen LogP contribution < -0.4 is 11.1 Å². The minimum Gasteiger partial charge on any atom is -0.394 e. The summed E-state index contributed by atoms with van der Waals surface area (Å²) in [5, 5.41) is 7.01. The number of rotatable bonds is 3. The first-order valence-corrected chi connectivity index (χ1v) is 5.98. The highest BCUT2D eigenvalue weighted by Crippen LogP contribution is 2.32. The number of hydrogen-bond donors (Lipinski definition) is 2. The van der Waals surface area contributed by atoms with E-state index in [1.165, 1.54) is 16.8 Å². The summed E-state index contributed by atoms with van der Waals surface area (Å²) < 4.78 is 40.1. The molecule has 0 saturated heterocycles. The number of alkyl halides is 3. The van der Waals surface area contributed by atoms with Gasteiger partial charge in [0.1, 0.15) is 5.82 Å². The third-order valence-corrected chi connectivity index (χ3v) is 3.04. The minimum absolute atomic E-state index is 0.0266. The van der Waals surface area contributed by atoms with E-state index >= 15 is 0 Å². The molecule has 0 saturated carbocycles. The number of nitrogens with two attached hydrogens (primary N) is 1. The molecule has 0 aliphatic heterocycles. The molecule has 1 heterocycles. The molecule has 20 heavy (non-hydrogen) atoms. The quantitative estimate of drug-likeness (QED) is 0.911. The van der Waals surface area contributed by atoms with E-state index in [9.17, 15) is 13.2 Å². The minimum atomic E-state index is -4.37. The van der Waals surface area contributed by atoms with Gasteiger partial charge in [0, 0.05) is 13.6 Å². The maximum Gasteiger partial charge on any atom is 0.416 e. The van der Waals surface area contributed by atoms with Crippen LogP contribution in [-0.2, 0) is 19.8 Å². The number of benzene rings is 1. The molecule has 0 unspecified atom stereocenters. The molecule has 0 aliphatic rings. The predicted molar refractivity (Wildman–Crippen MR) is 71.1 cm³/mol. The SMILES string of the molecule is Cc1nn(C)c(NCc2ccccc2C(F)(F)F)c1N. The molecule has 2 rings (SSSR count). The van der Waals surface area contributed by atoms with E-state index < -0.39 is 11.7 Å². The molecular formula is C13H15F3N4. The predicted octanol–water partition coefficient (Wildman–Crippen LogP) is 2.94. The Morgan fingerprint density at radius 3 is 2.50 bits per heavy atom. The van der Waals surface area contributed by atoms with Crippen molar-refractivity contribution < 1.29 is 13.2 Å². The van der Waals surface area contributed by atoms with Crippen molar-refractivity contribution in [2.45, 2.75) is 19.6 Å². The fourth-order valence-electron chi connectivity index (χ4n) is 2.01. The second-order valence-corrected chi connectivity index (χ2v) is 4.48. The number of hydrogen-bond acceptors (Lipinski definition) is 3. The third-order valence-electron chi connectivity index (χ3n) is 3.04. The zero-order valence-electron chi connectivity index (χ0n) is 11.1. The molecule has 7 heteroatoms. The van der Waals surface area contributed by atoms with Crippen LogP contribution in [0.25, 0.3) is 0 Å². The highest BCUT2D eigenvalue weighted by atomic mass is 19.4. The molecule has 0 atom stereocenters. The van der Waals surface area contributed by atoms with Crippen molar-refractivity contribution in [2.24, 2.45) is 7.05 Å². The molecule has 108 valence electrons. The average Bonchev–Trinajstić information content (AvgIpc) is 2.60. The van der Waals surface area contributed by atoms with Gasteiger partial charge in [0.25, 0.3) is 0 Å². The van der Waals surface area contributed by atoms with Crippen molar-refractivity contribution >= 4 is 11.5 Å². The molecule has 0 bridgehead atoms. The highest BCUT2D eigenvalue weighted by Gasteiger charge is 2.32. The van der Waals surface area contributed by atoms with E-state index in [2.05, 4.69) is 10.4 Å². The molecule has 1 aromatic carbocycles. The molecule has 2 aromatic rings.